The number of amides is 2. The Hall–Kier alpha value is -3.08. The van der Waals surface area contributed by atoms with Crippen molar-refractivity contribution < 1.29 is 14.3 Å². The van der Waals surface area contributed by atoms with Gasteiger partial charge < -0.3 is 9.64 Å². The summed E-state index contributed by atoms with van der Waals surface area (Å²) in [4.78, 5) is 29.9. The second-order valence-corrected chi connectivity index (χ2v) is 7.14. The summed E-state index contributed by atoms with van der Waals surface area (Å²) in [6.45, 7) is 2.03. The van der Waals surface area contributed by atoms with E-state index in [2.05, 4.69) is 4.90 Å². The molecule has 2 aromatic carbocycles. The number of carbonyl (C=O) groups is 2. The number of imide groups is 1. The number of benzene rings is 2. The fourth-order valence-corrected chi connectivity index (χ4v) is 3.90. The number of hydrogen-bond donors (Lipinski definition) is 0. The van der Waals surface area contributed by atoms with E-state index in [1.807, 2.05) is 54.6 Å². The van der Waals surface area contributed by atoms with Crippen LogP contribution in [0.2, 0.25) is 0 Å². The van der Waals surface area contributed by atoms with E-state index < -0.39 is 0 Å². The molecule has 2 aromatic rings. The van der Waals surface area contributed by atoms with Gasteiger partial charge in [-0.15, -0.1) is 0 Å². The van der Waals surface area contributed by atoms with Gasteiger partial charge in [0.05, 0.1) is 12.7 Å². The molecular formula is C23H24N2O3. The number of likely N-dealkylation sites (tertiary alicyclic amines) is 1. The number of carbonyl (C=O) groups excluding carboxylic acids is 2. The van der Waals surface area contributed by atoms with Crippen molar-refractivity contribution >= 4 is 17.4 Å². The number of rotatable bonds is 6. The van der Waals surface area contributed by atoms with Gasteiger partial charge >= 0.3 is 0 Å². The van der Waals surface area contributed by atoms with E-state index in [0.29, 0.717) is 24.2 Å². The Kier molecular flexibility index (Phi) is 5.15. The number of methoxy groups -OCH3 is 1. The van der Waals surface area contributed by atoms with Crippen molar-refractivity contribution in [3.05, 3.63) is 71.4 Å². The molecule has 144 valence electrons. The summed E-state index contributed by atoms with van der Waals surface area (Å²) in [5.41, 5.74) is 3.00. The third-order valence-corrected chi connectivity index (χ3v) is 5.41. The largest absolute Gasteiger partial charge is 0.497 e. The Bertz CT molecular complexity index is 897. The molecule has 2 heterocycles. The highest BCUT2D eigenvalue weighted by atomic mass is 16.5. The van der Waals surface area contributed by atoms with Crippen LogP contribution in [-0.4, -0.2) is 48.4 Å². The summed E-state index contributed by atoms with van der Waals surface area (Å²) >= 11 is 0. The van der Waals surface area contributed by atoms with Crippen LogP contribution in [-0.2, 0) is 16.0 Å². The van der Waals surface area contributed by atoms with E-state index in [1.54, 1.807) is 7.11 Å². The summed E-state index contributed by atoms with van der Waals surface area (Å²) in [5.74, 6) is 0.437. The van der Waals surface area contributed by atoms with Crippen LogP contribution in [0.4, 0.5) is 0 Å². The molecule has 0 aromatic heterocycles. The van der Waals surface area contributed by atoms with Crippen molar-refractivity contribution in [1.82, 2.24) is 9.80 Å². The van der Waals surface area contributed by atoms with Crippen LogP contribution < -0.4 is 4.74 Å². The number of hydrogen-bond acceptors (Lipinski definition) is 4. The minimum Gasteiger partial charge on any atom is -0.497 e. The van der Waals surface area contributed by atoms with Crippen molar-refractivity contribution in [2.45, 2.75) is 19.3 Å². The van der Waals surface area contributed by atoms with E-state index in [-0.39, 0.29) is 11.8 Å². The molecule has 2 aliphatic rings. The first-order valence-electron chi connectivity index (χ1n) is 9.73. The highest BCUT2D eigenvalue weighted by molar-refractivity contribution is 6.35. The highest BCUT2D eigenvalue weighted by Crippen LogP contribution is 2.33. The van der Waals surface area contributed by atoms with E-state index in [1.165, 1.54) is 4.90 Å². The summed E-state index contributed by atoms with van der Waals surface area (Å²) in [6.07, 6.45) is 2.73. The van der Waals surface area contributed by atoms with E-state index in [9.17, 15) is 9.59 Å². The lowest BCUT2D eigenvalue weighted by Gasteiger charge is -2.20. The molecule has 0 N–H and O–H groups in total. The molecule has 5 heteroatoms. The average molecular weight is 376 g/mol. The zero-order valence-electron chi connectivity index (χ0n) is 16.1. The molecule has 1 saturated heterocycles. The molecule has 0 aliphatic carbocycles. The summed E-state index contributed by atoms with van der Waals surface area (Å²) in [7, 11) is 1.63. The molecule has 0 saturated carbocycles. The standard InChI is InChI=1S/C23H24N2O3/c1-28-19-11-9-17(10-12-19)13-16-25-22(26)20(18-7-3-2-4-8-18)21(23(25)27)24-14-5-6-15-24/h2-4,7-12H,5-6,13-16H2,1H3. The van der Waals surface area contributed by atoms with E-state index >= 15 is 0 Å². The second-order valence-electron chi connectivity index (χ2n) is 7.14. The van der Waals surface area contributed by atoms with Gasteiger partial charge in [0.2, 0.25) is 0 Å². The van der Waals surface area contributed by atoms with Crippen molar-refractivity contribution in [3.8, 4) is 5.75 Å². The van der Waals surface area contributed by atoms with Crippen LogP contribution in [0.1, 0.15) is 24.0 Å². The van der Waals surface area contributed by atoms with Gasteiger partial charge in [-0.3, -0.25) is 14.5 Å². The average Bonchev–Trinajstić information content (AvgIpc) is 3.34. The minimum atomic E-state index is -0.188. The van der Waals surface area contributed by atoms with Crippen molar-refractivity contribution in [1.29, 1.82) is 0 Å². The maximum Gasteiger partial charge on any atom is 0.277 e. The zero-order chi connectivity index (χ0) is 19.5. The first-order chi connectivity index (χ1) is 13.7. The lowest BCUT2D eigenvalue weighted by atomic mass is 10.0. The van der Waals surface area contributed by atoms with Crippen LogP contribution in [0, 0.1) is 0 Å². The lowest BCUT2D eigenvalue weighted by molar-refractivity contribution is -0.137. The lowest BCUT2D eigenvalue weighted by Crippen LogP contribution is -2.36. The fraction of sp³-hybridized carbons (Fsp3) is 0.304. The van der Waals surface area contributed by atoms with Crippen LogP contribution in [0.3, 0.4) is 0 Å². The number of nitrogens with zero attached hydrogens (tertiary/aromatic N) is 2. The summed E-state index contributed by atoms with van der Waals surface area (Å²) in [6, 6.07) is 17.3. The second kappa shape index (κ2) is 7.89. The first-order valence-corrected chi connectivity index (χ1v) is 9.73. The third kappa shape index (κ3) is 3.40. The Labute approximate surface area is 165 Å². The topological polar surface area (TPSA) is 49.9 Å². The van der Waals surface area contributed by atoms with Crippen molar-refractivity contribution in [2.24, 2.45) is 0 Å². The Morgan fingerprint density at radius 2 is 1.57 bits per heavy atom. The van der Waals surface area contributed by atoms with Crippen molar-refractivity contribution in [3.63, 3.8) is 0 Å². The molecule has 2 aliphatic heterocycles. The summed E-state index contributed by atoms with van der Waals surface area (Å²) in [5, 5.41) is 0. The number of ether oxygens (including phenoxy) is 1. The summed E-state index contributed by atoms with van der Waals surface area (Å²) < 4.78 is 5.18. The van der Waals surface area contributed by atoms with Gasteiger partial charge in [0.25, 0.3) is 11.8 Å². The molecular weight excluding hydrogens is 352 g/mol. The van der Waals surface area contributed by atoms with Gasteiger partial charge in [0.1, 0.15) is 11.4 Å². The molecule has 0 bridgehead atoms. The van der Waals surface area contributed by atoms with E-state index in [0.717, 1.165) is 42.8 Å². The normalized spacial score (nSPS) is 17.0. The SMILES string of the molecule is COc1ccc(CCN2C(=O)C(c3ccccc3)=C(N3CCCC3)C2=O)cc1. The Balaban J connectivity index is 1.58. The van der Waals surface area contributed by atoms with Gasteiger partial charge in [-0.05, 0) is 42.5 Å². The van der Waals surface area contributed by atoms with Crippen molar-refractivity contribution in [2.75, 3.05) is 26.7 Å². The Morgan fingerprint density at radius 1 is 0.893 bits per heavy atom. The minimum absolute atomic E-state index is 0.167. The van der Waals surface area contributed by atoms with Crippen LogP contribution in [0.25, 0.3) is 5.57 Å². The van der Waals surface area contributed by atoms with Crippen LogP contribution in [0.5, 0.6) is 5.75 Å². The predicted molar refractivity (Wildman–Crippen MR) is 108 cm³/mol. The molecule has 0 radical (unpaired) electrons. The fourth-order valence-electron chi connectivity index (χ4n) is 3.90. The Morgan fingerprint density at radius 3 is 2.21 bits per heavy atom. The molecule has 0 atom stereocenters. The first kappa shape index (κ1) is 18.3. The zero-order valence-corrected chi connectivity index (χ0v) is 16.1. The quantitative estimate of drug-likeness (QED) is 0.727. The maximum absolute atomic E-state index is 13.2. The third-order valence-electron chi connectivity index (χ3n) is 5.41. The van der Waals surface area contributed by atoms with Gasteiger partial charge in [-0.1, -0.05) is 42.5 Å². The van der Waals surface area contributed by atoms with Gasteiger partial charge in [-0.2, -0.15) is 0 Å². The van der Waals surface area contributed by atoms with Crippen LogP contribution >= 0.6 is 0 Å². The van der Waals surface area contributed by atoms with Gasteiger partial charge in [-0.25, -0.2) is 0 Å². The van der Waals surface area contributed by atoms with E-state index in [4.69, 9.17) is 4.74 Å². The van der Waals surface area contributed by atoms with Gasteiger partial charge in [0, 0.05) is 19.6 Å². The molecule has 4 rings (SSSR count). The molecule has 1 fully saturated rings. The molecule has 5 nitrogen and oxygen atoms in total. The molecule has 0 spiro atoms. The van der Waals surface area contributed by atoms with Crippen LogP contribution in [0.15, 0.2) is 60.3 Å². The molecule has 0 unspecified atom stereocenters. The monoisotopic (exact) mass is 376 g/mol. The molecule has 2 amide bonds. The smallest absolute Gasteiger partial charge is 0.277 e. The predicted octanol–water partition coefficient (Wildman–Crippen LogP) is 3.11. The van der Waals surface area contributed by atoms with Gasteiger partial charge in [0.15, 0.2) is 0 Å². The maximum atomic E-state index is 13.2. The highest BCUT2D eigenvalue weighted by Gasteiger charge is 2.41. The molecule has 28 heavy (non-hydrogen) atoms.